The summed E-state index contributed by atoms with van der Waals surface area (Å²) in [4.78, 5) is 114. The second-order valence-electron chi connectivity index (χ2n) is 30.5. The van der Waals surface area contributed by atoms with Gasteiger partial charge < -0.3 is 41.2 Å². The molecule has 0 aliphatic heterocycles. The lowest BCUT2D eigenvalue weighted by Crippen LogP contribution is -2.27. The molecule has 12 N–H and O–H groups in total. The first-order valence-corrected chi connectivity index (χ1v) is 39.8. The molecule has 0 saturated heterocycles. The van der Waals surface area contributed by atoms with Gasteiger partial charge in [-0.25, -0.2) is 19.9 Å². The van der Waals surface area contributed by atoms with Crippen LogP contribution in [0.15, 0.2) is 281 Å². The van der Waals surface area contributed by atoms with E-state index in [-0.39, 0.29) is 23.6 Å². The highest BCUT2D eigenvalue weighted by Gasteiger charge is 2.24. The number of benzene rings is 6. The number of hydrogen-bond donors (Lipinski definition) is 12. The zero-order valence-electron chi connectivity index (χ0n) is 67.6. The molecule has 612 valence electrons. The molecule has 0 aliphatic rings. The van der Waals surface area contributed by atoms with Gasteiger partial charge in [0.1, 0.15) is 22.8 Å². The molecule has 32 heteroatoms. The largest absolute Gasteiger partial charge is 0.335 e. The summed E-state index contributed by atoms with van der Waals surface area (Å²) < 4.78 is 0. The highest BCUT2D eigenvalue weighted by molar-refractivity contribution is 6.05. The predicted molar refractivity (Wildman–Crippen MR) is 484 cm³/mol. The van der Waals surface area contributed by atoms with E-state index in [0.29, 0.717) is 58.0 Å². The monoisotopic (exact) mass is 1660 g/mol. The van der Waals surface area contributed by atoms with Gasteiger partial charge in [-0.2, -0.15) is 20.4 Å². The fourth-order valence-corrected chi connectivity index (χ4v) is 14.3. The van der Waals surface area contributed by atoms with Gasteiger partial charge in [-0.3, -0.25) is 79.4 Å². The first-order valence-electron chi connectivity index (χ1n) is 39.8. The molecule has 126 heavy (non-hydrogen) atoms. The number of pyridine rings is 8. The summed E-state index contributed by atoms with van der Waals surface area (Å²) in [7, 11) is 0. The van der Waals surface area contributed by atoms with Gasteiger partial charge in [0, 0.05) is 111 Å². The van der Waals surface area contributed by atoms with Crippen molar-refractivity contribution in [1.82, 2.24) is 121 Å². The zero-order valence-corrected chi connectivity index (χ0v) is 67.6. The lowest BCUT2D eigenvalue weighted by atomic mass is 9.95. The number of carbonyl (C=O) groups excluding carboxylic acids is 4. The number of aromatic nitrogens is 24. The van der Waals surface area contributed by atoms with Crippen molar-refractivity contribution in [2.24, 2.45) is 5.41 Å². The summed E-state index contributed by atoms with van der Waals surface area (Å²) in [6.45, 7) is 7.10. The number of carbonyl (C=O) groups is 4. The fraction of sp³-hybridized carbons (Fsp3) is 0.0638. The first kappa shape index (κ1) is 78.0. The van der Waals surface area contributed by atoms with E-state index in [9.17, 15) is 19.2 Å². The Morgan fingerprint density at radius 1 is 0.310 bits per heavy atom. The average Bonchev–Trinajstić information content (AvgIpc) is 1.65. The smallest absolute Gasteiger partial charge is 0.255 e. The molecule has 22 aromatic rings. The number of H-pyrrole nitrogens is 8. The minimum absolute atomic E-state index is 0.0570. The molecule has 0 bridgehead atoms. The molecular weight excluding hydrogens is 1590 g/mol. The number of imidazole rings is 4. The Morgan fingerprint density at radius 2 is 0.627 bits per heavy atom. The van der Waals surface area contributed by atoms with Crippen LogP contribution in [0.4, 0.5) is 22.7 Å². The Bertz CT molecular complexity index is 7720. The van der Waals surface area contributed by atoms with E-state index in [0.717, 1.165) is 161 Å². The molecular formula is C94H72N28O4. The van der Waals surface area contributed by atoms with E-state index < -0.39 is 5.41 Å². The maximum absolute atomic E-state index is 12.5. The van der Waals surface area contributed by atoms with Gasteiger partial charge in [0.25, 0.3) is 5.91 Å². The third kappa shape index (κ3) is 16.8. The van der Waals surface area contributed by atoms with E-state index in [1.807, 2.05) is 191 Å². The number of anilines is 4. The highest BCUT2D eigenvalue weighted by atomic mass is 16.2. The van der Waals surface area contributed by atoms with Gasteiger partial charge in [0.15, 0.2) is 23.3 Å². The normalized spacial score (nSPS) is 11.3. The molecule has 32 nitrogen and oxygen atoms in total. The van der Waals surface area contributed by atoms with Gasteiger partial charge in [-0.1, -0.05) is 93.6 Å². The van der Waals surface area contributed by atoms with Crippen LogP contribution >= 0.6 is 0 Å². The second-order valence-corrected chi connectivity index (χ2v) is 30.5. The SMILES string of the molecule is CC(=O)Nc1cncc(-c2ccc3[nH]nc(-c4nc5ccncc5[nH]4)c3c2)c1.CC(C)(C)C(=O)Nc1cncc(-c2ccc3[nH]nc(-c4nc5ccncc5[nH]4)c3c2)c1.O=C(Cc1ccccc1)Nc1cncc(-c2ccc3[nH]nc(-c4nc5ccncc5[nH]4)c3c2)c1.O=C(Nc1cncc(-c2ccc3[nH]nc(-c4nc5ccncc5[nH]4)c3c2)c1)c1ccccc1. The molecule has 0 fully saturated rings. The number of hydrogen-bond acceptors (Lipinski definition) is 20. The number of fused-ring (bicyclic) bond motifs is 8. The minimum Gasteiger partial charge on any atom is -0.335 e. The van der Waals surface area contributed by atoms with Crippen LogP contribution in [0.25, 0.3) is 178 Å². The summed E-state index contributed by atoms with van der Waals surface area (Å²) in [5.74, 6) is 2.24. The molecule has 0 spiro atoms. The first-order chi connectivity index (χ1) is 61.5. The van der Waals surface area contributed by atoms with Crippen molar-refractivity contribution >= 4 is 134 Å². The van der Waals surface area contributed by atoms with Crippen molar-refractivity contribution in [3.05, 3.63) is 292 Å². The average molecular weight is 1660 g/mol. The standard InChI is InChI=1S/C26H19N7O.C25H17N7O.C23H21N7O.C20H15N7O/c34-24(10-16-4-2-1-3-5-16)29-19-11-18(13-28-14-19)17-6-7-21-20(12-17)25(33-32-21)26-30-22-8-9-27-15-23(22)31-26;33-25(15-4-2-1-3-5-15)28-18-10-17(12-27-13-18)16-6-7-20-19(11-16)23(32-31-20)24-29-21-8-9-26-14-22(21)30-24;1-23(2,3)22(31)26-15-8-14(10-25-11-15)13-4-5-17-16(9-13)20(30-29-17)21-27-18-6-7-24-12-19(18)28-21;1-11(28)23-14-6-13(8-22-9-14)12-2-3-16-15(7-12)19(27-26-16)20-24-17-4-5-21-10-18(17)25-20/h1-9,11-15H,10H2,(H,29,34)(H,30,31)(H,32,33);1-14H,(H,28,33)(H,29,30)(H,31,32);4-12H,1-3H3,(H,26,31)(H,27,28)(H,29,30);2-10H,1H3,(H,23,28)(H,24,25)(H,26,27). The Hall–Kier alpha value is -17.8. The fourth-order valence-electron chi connectivity index (χ4n) is 14.3. The van der Waals surface area contributed by atoms with Crippen LogP contribution in [0.2, 0.25) is 0 Å². The van der Waals surface area contributed by atoms with Crippen LogP contribution < -0.4 is 21.3 Å². The molecule has 0 unspecified atom stereocenters. The quantitative estimate of drug-likeness (QED) is 0.0453. The van der Waals surface area contributed by atoms with Crippen molar-refractivity contribution in [1.29, 1.82) is 0 Å². The summed E-state index contributed by atoms with van der Waals surface area (Å²) in [6.07, 6.45) is 27.8. The summed E-state index contributed by atoms with van der Waals surface area (Å²) in [5, 5.41) is 45.4. The zero-order chi connectivity index (χ0) is 85.8. The van der Waals surface area contributed by atoms with E-state index in [1.165, 1.54) is 6.92 Å². The van der Waals surface area contributed by atoms with Crippen molar-refractivity contribution in [3.63, 3.8) is 0 Å². The molecule has 0 atom stereocenters. The lowest BCUT2D eigenvalue weighted by Gasteiger charge is -2.17. The third-order valence-electron chi connectivity index (χ3n) is 20.6. The highest BCUT2D eigenvalue weighted by Crippen LogP contribution is 2.37. The van der Waals surface area contributed by atoms with Crippen molar-refractivity contribution in [2.45, 2.75) is 34.1 Å². The number of amides is 4. The predicted octanol–water partition coefficient (Wildman–Crippen LogP) is 17.6. The molecule has 16 heterocycles. The second kappa shape index (κ2) is 33.8. The van der Waals surface area contributed by atoms with Gasteiger partial charge in [0.05, 0.1) is 145 Å². The minimum atomic E-state index is -0.483. The Labute approximate surface area is 713 Å². The molecule has 0 radical (unpaired) electrons. The molecule has 22 rings (SSSR count). The summed E-state index contributed by atoms with van der Waals surface area (Å²) in [6, 6.07) is 57.9. The number of rotatable bonds is 15. The van der Waals surface area contributed by atoms with E-state index in [2.05, 4.69) is 142 Å². The van der Waals surface area contributed by atoms with Crippen molar-refractivity contribution < 1.29 is 19.2 Å². The number of nitrogens with zero attached hydrogens (tertiary/aromatic N) is 16. The van der Waals surface area contributed by atoms with Crippen LogP contribution in [0.3, 0.4) is 0 Å². The number of nitrogens with one attached hydrogen (secondary N) is 12. The maximum atomic E-state index is 12.5. The van der Waals surface area contributed by atoms with Gasteiger partial charge in [-0.05, 0) is 137 Å². The maximum Gasteiger partial charge on any atom is 0.255 e. The lowest BCUT2D eigenvalue weighted by molar-refractivity contribution is -0.123. The van der Waals surface area contributed by atoms with E-state index in [1.54, 1.807) is 111 Å². The van der Waals surface area contributed by atoms with Crippen LogP contribution in [0, 0.1) is 5.41 Å². The number of aromatic amines is 8. The van der Waals surface area contributed by atoms with Gasteiger partial charge >= 0.3 is 0 Å². The van der Waals surface area contributed by atoms with Gasteiger partial charge in [0.2, 0.25) is 17.7 Å². The van der Waals surface area contributed by atoms with E-state index in [4.69, 9.17) is 0 Å². The topological polar surface area (TPSA) is 449 Å². The molecule has 6 aromatic carbocycles. The Morgan fingerprint density at radius 3 is 0.952 bits per heavy atom. The van der Waals surface area contributed by atoms with Crippen molar-refractivity contribution in [2.75, 3.05) is 21.3 Å². The summed E-state index contributed by atoms with van der Waals surface area (Å²) in [5.41, 5.74) is 24.4. The molecule has 0 aliphatic carbocycles. The third-order valence-corrected chi connectivity index (χ3v) is 20.6. The molecule has 4 amide bonds. The van der Waals surface area contributed by atoms with Crippen molar-refractivity contribution in [3.8, 4) is 90.6 Å². The summed E-state index contributed by atoms with van der Waals surface area (Å²) >= 11 is 0. The Kier molecular flexibility index (Phi) is 20.9. The van der Waals surface area contributed by atoms with Crippen LogP contribution in [0.5, 0.6) is 0 Å². The van der Waals surface area contributed by atoms with Crippen LogP contribution in [0.1, 0.15) is 43.6 Å². The van der Waals surface area contributed by atoms with Crippen LogP contribution in [-0.2, 0) is 20.8 Å². The van der Waals surface area contributed by atoms with Gasteiger partial charge in [-0.15, -0.1) is 0 Å². The Balaban J connectivity index is 0.000000110. The van der Waals surface area contributed by atoms with E-state index >= 15 is 0 Å². The molecule has 16 aromatic heterocycles. The molecule has 0 saturated carbocycles. The van der Waals surface area contributed by atoms with Crippen LogP contribution in [-0.4, -0.2) is 144 Å².